The second-order valence-electron chi connectivity index (χ2n) is 4.92. The summed E-state index contributed by atoms with van der Waals surface area (Å²) in [6.45, 7) is 2.61. The first kappa shape index (κ1) is 15.2. The van der Waals surface area contributed by atoms with Crippen molar-refractivity contribution in [1.29, 1.82) is 0 Å². The zero-order valence-corrected chi connectivity index (χ0v) is 12.0. The lowest BCUT2D eigenvalue weighted by molar-refractivity contribution is -0.120. The van der Waals surface area contributed by atoms with Crippen LogP contribution in [0.2, 0.25) is 0 Å². The maximum atomic E-state index is 13.1. The summed E-state index contributed by atoms with van der Waals surface area (Å²) in [5.41, 5.74) is 1.88. The van der Waals surface area contributed by atoms with Crippen LogP contribution in [0.5, 0.6) is 0 Å². The van der Waals surface area contributed by atoms with Gasteiger partial charge in [-0.15, -0.1) is 0 Å². The summed E-state index contributed by atoms with van der Waals surface area (Å²) in [5.74, 6) is -0.350. The maximum Gasteiger partial charge on any atom is 0.234 e. The van der Waals surface area contributed by atoms with Crippen LogP contribution < -0.4 is 10.6 Å². The number of carbonyl (C=O) groups excluding carboxylic acids is 1. The molecule has 4 heteroatoms. The molecule has 2 N–H and O–H groups in total. The van der Waals surface area contributed by atoms with E-state index in [1.54, 1.807) is 6.07 Å². The summed E-state index contributed by atoms with van der Waals surface area (Å²) in [5, 5.41) is 5.93. The summed E-state index contributed by atoms with van der Waals surface area (Å²) >= 11 is 0. The van der Waals surface area contributed by atoms with Crippen molar-refractivity contribution in [2.75, 3.05) is 6.54 Å². The fourth-order valence-electron chi connectivity index (χ4n) is 2.00. The number of nitrogens with one attached hydrogen (secondary N) is 2. The molecule has 0 aliphatic heterocycles. The Labute approximate surface area is 124 Å². The zero-order chi connectivity index (χ0) is 15.1. The molecule has 21 heavy (non-hydrogen) atoms. The lowest BCUT2D eigenvalue weighted by atomic mass is 10.1. The summed E-state index contributed by atoms with van der Waals surface area (Å²) in [6.07, 6.45) is 0. The van der Waals surface area contributed by atoms with Crippen molar-refractivity contribution in [3.8, 4) is 0 Å². The van der Waals surface area contributed by atoms with E-state index in [9.17, 15) is 9.18 Å². The van der Waals surface area contributed by atoms with Crippen molar-refractivity contribution in [3.63, 3.8) is 0 Å². The highest BCUT2D eigenvalue weighted by atomic mass is 19.1. The molecule has 1 atom stereocenters. The predicted octanol–water partition coefficient (Wildman–Crippen LogP) is 2.79. The Bertz CT molecular complexity index is 586. The smallest absolute Gasteiger partial charge is 0.234 e. The second-order valence-corrected chi connectivity index (χ2v) is 4.92. The summed E-state index contributed by atoms with van der Waals surface area (Å²) in [4.78, 5) is 11.8. The van der Waals surface area contributed by atoms with E-state index in [4.69, 9.17) is 0 Å². The van der Waals surface area contributed by atoms with Crippen LogP contribution in [-0.4, -0.2) is 12.5 Å². The van der Waals surface area contributed by atoms with Crippen LogP contribution in [0.1, 0.15) is 24.1 Å². The fraction of sp³-hybridized carbons (Fsp3) is 0.235. The van der Waals surface area contributed by atoms with Crippen LogP contribution >= 0.6 is 0 Å². The number of carbonyl (C=O) groups is 1. The van der Waals surface area contributed by atoms with Gasteiger partial charge in [-0.05, 0) is 30.2 Å². The van der Waals surface area contributed by atoms with Gasteiger partial charge in [0.05, 0.1) is 6.54 Å². The van der Waals surface area contributed by atoms with E-state index in [1.165, 1.54) is 12.1 Å². The van der Waals surface area contributed by atoms with Crippen LogP contribution in [0.25, 0.3) is 0 Å². The Morgan fingerprint density at radius 1 is 1.14 bits per heavy atom. The van der Waals surface area contributed by atoms with Crippen LogP contribution in [0.3, 0.4) is 0 Å². The third-order valence-electron chi connectivity index (χ3n) is 3.25. The van der Waals surface area contributed by atoms with Gasteiger partial charge in [0.1, 0.15) is 5.82 Å². The Kier molecular flexibility index (Phi) is 5.46. The molecule has 2 rings (SSSR count). The van der Waals surface area contributed by atoms with E-state index < -0.39 is 0 Å². The van der Waals surface area contributed by atoms with Gasteiger partial charge in [0.15, 0.2) is 0 Å². The molecule has 0 aromatic heterocycles. The van der Waals surface area contributed by atoms with Crippen LogP contribution in [0.4, 0.5) is 4.39 Å². The third-order valence-corrected chi connectivity index (χ3v) is 3.25. The second kappa shape index (κ2) is 7.55. The number of hydrogen-bond donors (Lipinski definition) is 2. The molecule has 0 saturated carbocycles. The van der Waals surface area contributed by atoms with Crippen molar-refractivity contribution in [2.24, 2.45) is 0 Å². The molecule has 0 bridgehead atoms. The molecule has 0 spiro atoms. The molecule has 0 aliphatic carbocycles. The van der Waals surface area contributed by atoms with Gasteiger partial charge in [-0.1, -0.05) is 42.5 Å². The molecule has 0 fully saturated rings. The highest BCUT2D eigenvalue weighted by Gasteiger charge is 2.08. The number of hydrogen-bond acceptors (Lipinski definition) is 2. The van der Waals surface area contributed by atoms with Crippen molar-refractivity contribution in [3.05, 3.63) is 71.5 Å². The van der Waals surface area contributed by atoms with Gasteiger partial charge in [0.25, 0.3) is 0 Å². The number of amides is 1. The molecule has 0 radical (unpaired) electrons. The topological polar surface area (TPSA) is 41.1 Å². The molecule has 0 aliphatic rings. The van der Waals surface area contributed by atoms with Crippen molar-refractivity contribution in [1.82, 2.24) is 10.6 Å². The van der Waals surface area contributed by atoms with Crippen molar-refractivity contribution >= 4 is 5.91 Å². The zero-order valence-electron chi connectivity index (χ0n) is 12.0. The molecule has 2 aromatic rings. The first-order valence-electron chi connectivity index (χ1n) is 6.94. The molecule has 110 valence electrons. The minimum atomic E-state index is -0.269. The van der Waals surface area contributed by atoms with Crippen LogP contribution in [0.15, 0.2) is 54.6 Å². The summed E-state index contributed by atoms with van der Waals surface area (Å²) < 4.78 is 13.1. The van der Waals surface area contributed by atoms with Gasteiger partial charge < -0.3 is 10.6 Å². The lowest BCUT2D eigenvalue weighted by Gasteiger charge is -2.14. The fourth-order valence-corrected chi connectivity index (χ4v) is 2.00. The highest BCUT2D eigenvalue weighted by Crippen LogP contribution is 2.12. The van der Waals surface area contributed by atoms with Crippen molar-refractivity contribution in [2.45, 2.75) is 19.5 Å². The quantitative estimate of drug-likeness (QED) is 0.857. The van der Waals surface area contributed by atoms with Gasteiger partial charge in [0, 0.05) is 12.6 Å². The number of benzene rings is 2. The third kappa shape index (κ3) is 5.00. The van der Waals surface area contributed by atoms with Gasteiger partial charge in [-0.2, -0.15) is 0 Å². The predicted molar refractivity (Wildman–Crippen MR) is 81.1 cm³/mol. The molecule has 2 aromatic carbocycles. The van der Waals surface area contributed by atoms with Crippen LogP contribution in [-0.2, 0) is 11.3 Å². The SMILES string of the molecule is C[C@H](NCC(=O)NCc1ccccc1)c1cccc(F)c1. The van der Waals surface area contributed by atoms with E-state index in [-0.39, 0.29) is 24.3 Å². The van der Waals surface area contributed by atoms with E-state index >= 15 is 0 Å². The summed E-state index contributed by atoms with van der Waals surface area (Å²) in [6, 6.07) is 16.0. The number of halogens is 1. The Morgan fingerprint density at radius 2 is 1.90 bits per heavy atom. The number of rotatable bonds is 6. The molecule has 0 unspecified atom stereocenters. The Morgan fingerprint density at radius 3 is 2.62 bits per heavy atom. The highest BCUT2D eigenvalue weighted by molar-refractivity contribution is 5.78. The molecule has 0 heterocycles. The minimum Gasteiger partial charge on any atom is -0.351 e. The summed E-state index contributed by atoms with van der Waals surface area (Å²) in [7, 11) is 0. The van der Waals surface area contributed by atoms with Gasteiger partial charge in [-0.25, -0.2) is 4.39 Å². The van der Waals surface area contributed by atoms with E-state index in [0.717, 1.165) is 11.1 Å². The Hall–Kier alpha value is -2.20. The monoisotopic (exact) mass is 286 g/mol. The molecule has 3 nitrogen and oxygen atoms in total. The van der Waals surface area contributed by atoms with Gasteiger partial charge >= 0.3 is 0 Å². The molecule has 1 amide bonds. The average Bonchev–Trinajstić information content (AvgIpc) is 2.51. The maximum absolute atomic E-state index is 13.1. The first-order chi connectivity index (χ1) is 10.1. The van der Waals surface area contributed by atoms with E-state index in [1.807, 2.05) is 43.3 Å². The molecule has 0 saturated heterocycles. The van der Waals surface area contributed by atoms with Gasteiger partial charge in [-0.3, -0.25) is 4.79 Å². The first-order valence-corrected chi connectivity index (χ1v) is 6.94. The minimum absolute atomic E-state index is 0.0804. The molecular formula is C17H19FN2O. The molecular weight excluding hydrogens is 267 g/mol. The van der Waals surface area contributed by atoms with E-state index in [0.29, 0.717) is 6.54 Å². The van der Waals surface area contributed by atoms with Crippen molar-refractivity contribution < 1.29 is 9.18 Å². The lowest BCUT2D eigenvalue weighted by Crippen LogP contribution is -2.34. The average molecular weight is 286 g/mol. The largest absolute Gasteiger partial charge is 0.351 e. The van der Waals surface area contributed by atoms with E-state index in [2.05, 4.69) is 10.6 Å². The van der Waals surface area contributed by atoms with Crippen LogP contribution in [0, 0.1) is 5.82 Å². The normalized spacial score (nSPS) is 11.9. The Balaban J connectivity index is 1.76. The van der Waals surface area contributed by atoms with Gasteiger partial charge in [0.2, 0.25) is 5.91 Å². The standard InChI is InChI=1S/C17H19FN2O/c1-13(15-8-5-9-16(18)10-15)19-12-17(21)20-11-14-6-3-2-4-7-14/h2-10,13,19H,11-12H2,1H3,(H,20,21)/t13-/m0/s1.